The summed E-state index contributed by atoms with van der Waals surface area (Å²) in [5.41, 5.74) is 0.490. The number of hydrogen-bond donors (Lipinski definition) is 2. The van der Waals surface area contributed by atoms with E-state index in [1.807, 2.05) is 6.92 Å². The van der Waals surface area contributed by atoms with Gasteiger partial charge in [-0.05, 0) is 6.92 Å². The molecule has 0 unspecified atom stereocenters. The molecule has 3 heterocycles. The van der Waals surface area contributed by atoms with Crippen molar-refractivity contribution in [2.75, 3.05) is 12.4 Å². The first-order valence-electron chi connectivity index (χ1n) is 8.20. The quantitative estimate of drug-likeness (QED) is 0.502. The van der Waals surface area contributed by atoms with E-state index >= 15 is 0 Å². The fourth-order valence-corrected chi connectivity index (χ4v) is 4.19. The molecule has 0 saturated carbocycles. The molecule has 0 radical (unpaired) electrons. The molecule has 2 N–H and O–H groups in total. The van der Waals surface area contributed by atoms with E-state index in [0.29, 0.717) is 17.7 Å². The fourth-order valence-electron chi connectivity index (χ4n) is 2.86. The van der Waals surface area contributed by atoms with Crippen LogP contribution in [0.3, 0.4) is 0 Å². The molecule has 144 valence electrons. The van der Waals surface area contributed by atoms with Crippen LogP contribution in [0.2, 0.25) is 0 Å². The number of aryl methyl sites for hydroxylation is 1. The summed E-state index contributed by atoms with van der Waals surface area (Å²) < 4.78 is 6.47. The maximum Gasteiger partial charge on any atom is 0.352 e. The Kier molecular flexibility index (Phi) is 5.22. The second-order valence-electron chi connectivity index (χ2n) is 5.98. The van der Waals surface area contributed by atoms with E-state index in [1.54, 1.807) is 10.9 Å². The van der Waals surface area contributed by atoms with Crippen LogP contribution < -0.4 is 5.32 Å². The van der Waals surface area contributed by atoms with E-state index in [0.717, 1.165) is 4.90 Å². The Bertz CT molecular complexity index is 848. The third kappa shape index (κ3) is 3.54. The molecule has 1 aromatic heterocycles. The SMILES string of the molecule is CCn1cc(C(=O)N[C@@H]2C(=O)N3C(C(=O)O)=C(COC(C)=O)CS[C@@H]23)cn1. The first-order chi connectivity index (χ1) is 12.8. The highest BCUT2D eigenvalue weighted by atomic mass is 32.2. The summed E-state index contributed by atoms with van der Waals surface area (Å²) >= 11 is 1.31. The van der Waals surface area contributed by atoms with E-state index in [4.69, 9.17) is 4.74 Å². The number of carboxylic acids is 1. The number of carboxylic acid groups (broad SMARTS) is 1. The van der Waals surface area contributed by atoms with Crippen molar-refractivity contribution in [2.45, 2.75) is 31.8 Å². The molecule has 1 aromatic rings. The summed E-state index contributed by atoms with van der Waals surface area (Å²) in [5, 5.41) is 15.6. The van der Waals surface area contributed by atoms with Gasteiger partial charge in [-0.25, -0.2) is 4.79 Å². The molecule has 2 aliphatic heterocycles. The van der Waals surface area contributed by atoms with Gasteiger partial charge in [-0.15, -0.1) is 11.8 Å². The summed E-state index contributed by atoms with van der Waals surface area (Å²) in [7, 11) is 0. The van der Waals surface area contributed by atoms with Crippen molar-refractivity contribution in [3.8, 4) is 0 Å². The number of thioether (sulfide) groups is 1. The normalized spacial score (nSPS) is 21.4. The van der Waals surface area contributed by atoms with Gasteiger partial charge >= 0.3 is 11.9 Å². The predicted molar refractivity (Wildman–Crippen MR) is 93.5 cm³/mol. The number of hydrogen-bond acceptors (Lipinski definition) is 7. The van der Waals surface area contributed by atoms with Crippen molar-refractivity contribution >= 4 is 35.5 Å². The Labute approximate surface area is 158 Å². The fraction of sp³-hybridized carbons (Fsp3) is 0.438. The first-order valence-corrected chi connectivity index (χ1v) is 9.25. The van der Waals surface area contributed by atoms with Crippen LogP contribution in [0, 0.1) is 0 Å². The molecule has 0 aromatic carbocycles. The highest BCUT2D eigenvalue weighted by Crippen LogP contribution is 2.40. The van der Waals surface area contributed by atoms with Gasteiger partial charge in [-0.2, -0.15) is 5.10 Å². The van der Waals surface area contributed by atoms with Gasteiger partial charge in [0, 0.05) is 31.0 Å². The van der Waals surface area contributed by atoms with Crippen LogP contribution >= 0.6 is 11.8 Å². The number of esters is 1. The molecule has 0 bridgehead atoms. The summed E-state index contributed by atoms with van der Waals surface area (Å²) in [5.74, 6) is -2.48. The van der Waals surface area contributed by atoms with Crippen LogP contribution in [0.5, 0.6) is 0 Å². The third-order valence-electron chi connectivity index (χ3n) is 4.21. The topological polar surface area (TPSA) is 131 Å². The van der Waals surface area contributed by atoms with E-state index in [-0.39, 0.29) is 18.1 Å². The lowest BCUT2D eigenvalue weighted by Gasteiger charge is -2.49. The lowest BCUT2D eigenvalue weighted by Crippen LogP contribution is -2.70. The summed E-state index contributed by atoms with van der Waals surface area (Å²) in [6.45, 7) is 3.53. The number of nitrogens with one attached hydrogen (secondary N) is 1. The zero-order valence-corrected chi connectivity index (χ0v) is 15.5. The maximum absolute atomic E-state index is 12.5. The van der Waals surface area contributed by atoms with E-state index < -0.39 is 35.2 Å². The van der Waals surface area contributed by atoms with E-state index in [2.05, 4.69) is 10.4 Å². The standard InChI is InChI=1S/C16H18N4O6S/c1-3-19-5-9(4-17-19)13(22)18-11-14(23)20-12(16(24)25)10(6-26-8(2)21)7-27-15(11)20/h4-5,11,15H,3,6-7H2,1-2H3,(H,18,22)(H,24,25)/t11-,15+/m1/s1. The first kappa shape index (κ1) is 19.0. The van der Waals surface area contributed by atoms with Gasteiger partial charge in [0.15, 0.2) is 0 Å². The average molecular weight is 394 g/mol. The second kappa shape index (κ2) is 7.43. The van der Waals surface area contributed by atoms with Gasteiger partial charge in [0.25, 0.3) is 11.8 Å². The van der Waals surface area contributed by atoms with Gasteiger partial charge in [-0.1, -0.05) is 0 Å². The highest BCUT2D eigenvalue weighted by Gasteiger charge is 2.54. The third-order valence-corrected chi connectivity index (χ3v) is 5.55. The number of ether oxygens (including phenoxy) is 1. The molecule has 2 amide bonds. The number of nitrogens with zero attached hydrogens (tertiary/aromatic N) is 3. The van der Waals surface area contributed by atoms with E-state index in [9.17, 15) is 24.3 Å². The average Bonchev–Trinajstić information content (AvgIpc) is 3.12. The molecule has 1 fully saturated rings. The van der Waals surface area contributed by atoms with Crippen LogP contribution in [0.1, 0.15) is 24.2 Å². The molecule has 0 spiro atoms. The van der Waals surface area contributed by atoms with Crippen LogP contribution in [-0.4, -0.2) is 67.3 Å². The zero-order chi connectivity index (χ0) is 19.7. The minimum absolute atomic E-state index is 0.186. The summed E-state index contributed by atoms with van der Waals surface area (Å²) in [4.78, 5) is 48.6. The molecule has 11 heteroatoms. The van der Waals surface area contributed by atoms with E-state index in [1.165, 1.54) is 24.9 Å². The van der Waals surface area contributed by atoms with Crippen LogP contribution in [0.4, 0.5) is 0 Å². The molecule has 1 saturated heterocycles. The Morgan fingerprint density at radius 1 is 1.44 bits per heavy atom. The number of fused-ring (bicyclic) bond motifs is 1. The number of aliphatic carboxylic acids is 1. The van der Waals surface area contributed by atoms with Gasteiger partial charge in [0.05, 0.1) is 11.8 Å². The van der Waals surface area contributed by atoms with Gasteiger partial charge < -0.3 is 15.2 Å². The molecule has 27 heavy (non-hydrogen) atoms. The molecular formula is C16H18N4O6S. The minimum Gasteiger partial charge on any atom is -0.477 e. The molecule has 10 nitrogen and oxygen atoms in total. The van der Waals surface area contributed by atoms with Crippen molar-refractivity contribution in [3.05, 3.63) is 29.2 Å². The number of carbonyl (C=O) groups excluding carboxylic acids is 3. The Hall–Kier alpha value is -2.82. The number of β-lactam (4-membered cyclic amide) rings is 1. The van der Waals surface area contributed by atoms with Crippen molar-refractivity contribution in [3.63, 3.8) is 0 Å². The lowest BCUT2D eigenvalue weighted by atomic mass is 10.0. The Morgan fingerprint density at radius 2 is 2.19 bits per heavy atom. The molecule has 2 atom stereocenters. The monoisotopic (exact) mass is 394 g/mol. The Balaban J connectivity index is 1.74. The summed E-state index contributed by atoms with van der Waals surface area (Å²) in [6.07, 6.45) is 2.98. The van der Waals surface area contributed by atoms with Crippen molar-refractivity contribution in [2.24, 2.45) is 0 Å². The smallest absolute Gasteiger partial charge is 0.352 e. The van der Waals surface area contributed by atoms with Crippen molar-refractivity contribution < 1.29 is 29.0 Å². The highest BCUT2D eigenvalue weighted by molar-refractivity contribution is 8.00. The Morgan fingerprint density at radius 3 is 2.78 bits per heavy atom. The maximum atomic E-state index is 12.5. The van der Waals surface area contributed by atoms with Crippen LogP contribution in [0.25, 0.3) is 0 Å². The number of rotatable bonds is 6. The molecular weight excluding hydrogens is 376 g/mol. The number of carbonyl (C=O) groups is 4. The lowest BCUT2D eigenvalue weighted by molar-refractivity contribution is -0.149. The molecule has 0 aliphatic carbocycles. The largest absolute Gasteiger partial charge is 0.477 e. The van der Waals surface area contributed by atoms with Crippen molar-refractivity contribution in [1.29, 1.82) is 0 Å². The second-order valence-corrected chi connectivity index (χ2v) is 7.09. The van der Waals surface area contributed by atoms with Crippen LogP contribution in [-0.2, 0) is 25.7 Å². The molecule has 3 rings (SSSR count). The number of amides is 2. The van der Waals surface area contributed by atoms with Crippen molar-refractivity contribution in [1.82, 2.24) is 20.0 Å². The van der Waals surface area contributed by atoms with Gasteiger partial charge in [0.2, 0.25) is 0 Å². The zero-order valence-electron chi connectivity index (χ0n) is 14.7. The van der Waals surface area contributed by atoms with Gasteiger partial charge in [-0.3, -0.25) is 24.0 Å². The van der Waals surface area contributed by atoms with Crippen LogP contribution in [0.15, 0.2) is 23.7 Å². The molecule has 2 aliphatic rings. The minimum atomic E-state index is -1.27. The summed E-state index contributed by atoms with van der Waals surface area (Å²) in [6, 6.07) is -0.822. The van der Waals surface area contributed by atoms with Gasteiger partial charge in [0.1, 0.15) is 23.7 Å². The number of aromatic nitrogens is 2. The predicted octanol–water partition coefficient (Wildman–Crippen LogP) is -0.182.